The molecule has 0 spiro atoms. The summed E-state index contributed by atoms with van der Waals surface area (Å²) in [4.78, 5) is 29.9. The predicted molar refractivity (Wildman–Crippen MR) is 127 cm³/mol. The fourth-order valence-corrected chi connectivity index (χ4v) is 3.70. The van der Waals surface area contributed by atoms with Crippen molar-refractivity contribution in [2.45, 2.75) is 33.0 Å². The topological polar surface area (TPSA) is 118 Å². The average Bonchev–Trinajstić information content (AvgIpc) is 3.40. The average molecular weight is 466 g/mol. The van der Waals surface area contributed by atoms with Crippen molar-refractivity contribution in [1.29, 1.82) is 0 Å². The van der Waals surface area contributed by atoms with Gasteiger partial charge >= 0.3 is 6.09 Å². The first-order valence-corrected chi connectivity index (χ1v) is 11.0. The van der Waals surface area contributed by atoms with Crippen molar-refractivity contribution in [2.75, 3.05) is 10.6 Å². The van der Waals surface area contributed by atoms with E-state index in [0.29, 0.717) is 33.3 Å². The third-order valence-electron chi connectivity index (χ3n) is 4.54. The Balaban J connectivity index is 1.74. The van der Waals surface area contributed by atoms with Crippen molar-refractivity contribution < 1.29 is 19.4 Å². The Morgan fingerprint density at radius 2 is 1.94 bits per heavy atom. The van der Waals surface area contributed by atoms with Gasteiger partial charge in [0.1, 0.15) is 10.5 Å². The summed E-state index contributed by atoms with van der Waals surface area (Å²) in [6.45, 7) is 5.25. The van der Waals surface area contributed by atoms with Crippen molar-refractivity contribution in [1.82, 2.24) is 13.9 Å². The number of benzene rings is 2. The van der Waals surface area contributed by atoms with Crippen LogP contribution in [0.25, 0.3) is 16.7 Å². The molecule has 2 heterocycles. The largest absolute Gasteiger partial charge is 0.444 e. The summed E-state index contributed by atoms with van der Waals surface area (Å²) in [5.41, 5.74) is 2.60. The number of anilines is 2. The van der Waals surface area contributed by atoms with E-state index in [2.05, 4.69) is 20.0 Å². The minimum absolute atomic E-state index is 0.124. The van der Waals surface area contributed by atoms with E-state index in [0.717, 1.165) is 17.0 Å². The lowest BCUT2D eigenvalue weighted by atomic mass is 10.2. The molecule has 33 heavy (non-hydrogen) atoms. The third-order valence-corrected chi connectivity index (χ3v) is 5.28. The van der Waals surface area contributed by atoms with E-state index in [1.807, 2.05) is 12.1 Å². The van der Waals surface area contributed by atoms with Crippen LogP contribution in [0.15, 0.2) is 54.7 Å². The number of aliphatic hydroxyl groups is 1. The summed E-state index contributed by atoms with van der Waals surface area (Å²) in [6.07, 6.45) is 0.989. The second-order valence-corrected chi connectivity index (χ2v) is 9.09. The molecular weight excluding hydrogens is 442 g/mol. The number of aromatic nitrogens is 3. The van der Waals surface area contributed by atoms with Gasteiger partial charge in [0, 0.05) is 11.9 Å². The van der Waals surface area contributed by atoms with Crippen LogP contribution in [0.3, 0.4) is 0 Å². The van der Waals surface area contributed by atoms with Crippen LogP contribution in [0.5, 0.6) is 0 Å². The second-order valence-electron chi connectivity index (χ2n) is 8.26. The highest BCUT2D eigenvalue weighted by molar-refractivity contribution is 7.08. The van der Waals surface area contributed by atoms with E-state index < -0.39 is 11.7 Å². The number of nitrogens with zero attached hydrogens (tertiary/aromatic N) is 3. The number of amides is 2. The fourth-order valence-electron chi connectivity index (χ4n) is 3.21. The van der Waals surface area contributed by atoms with Crippen LogP contribution in [-0.2, 0) is 11.3 Å². The number of imidazole rings is 1. The maximum atomic E-state index is 12.7. The molecule has 170 valence electrons. The first kappa shape index (κ1) is 22.4. The lowest BCUT2D eigenvalue weighted by molar-refractivity contribution is 0.0635. The summed E-state index contributed by atoms with van der Waals surface area (Å²) in [7, 11) is 0. The summed E-state index contributed by atoms with van der Waals surface area (Å²) < 4.78 is 11.1. The molecule has 0 saturated heterocycles. The Hall–Kier alpha value is -3.76. The zero-order valence-electron chi connectivity index (χ0n) is 18.3. The Kier molecular flexibility index (Phi) is 6.12. The maximum Gasteiger partial charge on any atom is 0.412 e. The molecule has 0 fully saturated rings. The van der Waals surface area contributed by atoms with Crippen LogP contribution in [0, 0.1) is 0 Å². The molecule has 9 nitrogen and oxygen atoms in total. The zero-order chi connectivity index (χ0) is 23.6. The van der Waals surface area contributed by atoms with Gasteiger partial charge in [0.25, 0.3) is 5.91 Å². The molecule has 2 aromatic carbocycles. The second kappa shape index (κ2) is 9.00. The van der Waals surface area contributed by atoms with Crippen molar-refractivity contribution in [3.8, 4) is 5.69 Å². The monoisotopic (exact) mass is 465 g/mol. The molecule has 0 aliphatic heterocycles. The predicted octanol–water partition coefficient (Wildman–Crippen LogP) is 4.57. The van der Waals surface area contributed by atoms with E-state index in [-0.39, 0.29) is 12.5 Å². The van der Waals surface area contributed by atoms with Gasteiger partial charge in [-0.2, -0.15) is 0 Å². The van der Waals surface area contributed by atoms with Crippen LogP contribution in [0.2, 0.25) is 0 Å². The van der Waals surface area contributed by atoms with Crippen LogP contribution in [-0.4, -0.2) is 36.6 Å². The molecule has 0 saturated carbocycles. The van der Waals surface area contributed by atoms with Gasteiger partial charge in [0.15, 0.2) is 0 Å². The molecule has 2 amide bonds. The number of hydrogen-bond donors (Lipinski definition) is 3. The number of aliphatic hydroxyl groups excluding tert-OH is 1. The Morgan fingerprint density at radius 1 is 1.12 bits per heavy atom. The Morgan fingerprint density at radius 3 is 2.64 bits per heavy atom. The number of carbonyl (C=O) groups is 2. The van der Waals surface area contributed by atoms with Gasteiger partial charge in [-0.05, 0) is 74.3 Å². The normalized spacial score (nSPS) is 11.4. The molecular formula is C23H23N5O4S. The summed E-state index contributed by atoms with van der Waals surface area (Å²) in [6, 6.07) is 14.1. The minimum atomic E-state index is -0.624. The Labute approximate surface area is 194 Å². The number of nitrogens with one attached hydrogen (secondary N) is 2. The van der Waals surface area contributed by atoms with Crippen LogP contribution in [0.4, 0.5) is 16.4 Å². The minimum Gasteiger partial charge on any atom is -0.444 e. The summed E-state index contributed by atoms with van der Waals surface area (Å²) in [5, 5.41) is 15.1. The molecule has 10 heteroatoms. The molecule has 0 aliphatic carbocycles. The number of rotatable bonds is 5. The van der Waals surface area contributed by atoms with Crippen LogP contribution < -0.4 is 10.6 Å². The molecule has 0 bridgehead atoms. The van der Waals surface area contributed by atoms with Crippen molar-refractivity contribution >= 4 is 46.2 Å². The van der Waals surface area contributed by atoms with Crippen LogP contribution in [0.1, 0.15) is 36.0 Å². The lowest BCUT2D eigenvalue weighted by Crippen LogP contribution is -2.27. The smallest absolute Gasteiger partial charge is 0.412 e. The number of fused-ring (bicyclic) bond motifs is 1. The van der Waals surface area contributed by atoms with Gasteiger partial charge in [0.05, 0.1) is 23.3 Å². The molecule has 0 aliphatic rings. The lowest BCUT2D eigenvalue weighted by Gasteiger charge is -2.20. The first-order valence-electron chi connectivity index (χ1n) is 10.2. The van der Waals surface area contributed by atoms with Crippen molar-refractivity contribution in [2.24, 2.45) is 0 Å². The third kappa shape index (κ3) is 5.18. The molecule has 3 N–H and O–H groups in total. The highest BCUT2D eigenvalue weighted by Gasteiger charge is 2.19. The van der Waals surface area contributed by atoms with E-state index in [1.165, 1.54) is 0 Å². The fraction of sp³-hybridized carbons (Fsp3) is 0.217. The van der Waals surface area contributed by atoms with Crippen molar-refractivity contribution in [3.05, 3.63) is 65.2 Å². The van der Waals surface area contributed by atoms with Crippen LogP contribution >= 0.6 is 11.5 Å². The number of ether oxygens (including phenoxy) is 1. The standard InChI is InChI=1S/C23H23N5O4S/c1-23(2,3)32-22(31)25-15-5-4-6-16(12-15)28-18-8-7-14(13-29)11-17(18)26-21(28)27-20(30)19-9-10-24-33-19/h4-12,29H,13H2,1-3H3,(H,25,31)(H,26,27,30). The van der Waals surface area contributed by atoms with Gasteiger partial charge < -0.3 is 9.84 Å². The van der Waals surface area contributed by atoms with Gasteiger partial charge in [0.2, 0.25) is 5.95 Å². The first-order chi connectivity index (χ1) is 15.7. The van der Waals surface area contributed by atoms with Gasteiger partial charge in [-0.1, -0.05) is 12.1 Å². The molecule has 0 atom stereocenters. The summed E-state index contributed by atoms with van der Waals surface area (Å²) >= 11 is 1.09. The molecule has 0 radical (unpaired) electrons. The van der Waals surface area contributed by atoms with Gasteiger partial charge in [-0.25, -0.2) is 14.2 Å². The molecule has 0 unspecified atom stereocenters. The number of carbonyl (C=O) groups excluding carboxylic acids is 2. The SMILES string of the molecule is CC(C)(C)OC(=O)Nc1cccc(-n2c(NC(=O)c3ccns3)nc3cc(CO)ccc32)c1. The van der Waals surface area contributed by atoms with Crippen molar-refractivity contribution in [3.63, 3.8) is 0 Å². The molecule has 4 rings (SSSR count). The van der Waals surface area contributed by atoms with Gasteiger partial charge in [-0.3, -0.25) is 20.0 Å². The highest BCUT2D eigenvalue weighted by Crippen LogP contribution is 2.28. The molecule has 2 aromatic heterocycles. The van der Waals surface area contributed by atoms with E-state index >= 15 is 0 Å². The van der Waals surface area contributed by atoms with E-state index in [9.17, 15) is 14.7 Å². The van der Waals surface area contributed by atoms with Gasteiger partial charge in [-0.15, -0.1) is 0 Å². The maximum absolute atomic E-state index is 12.7. The summed E-state index contributed by atoms with van der Waals surface area (Å²) in [5.74, 6) is -0.0348. The zero-order valence-corrected chi connectivity index (χ0v) is 19.1. The number of hydrogen-bond acceptors (Lipinski definition) is 7. The highest BCUT2D eigenvalue weighted by atomic mass is 32.1. The Bertz CT molecular complexity index is 1310. The molecule has 4 aromatic rings. The quantitative estimate of drug-likeness (QED) is 0.397. The van der Waals surface area contributed by atoms with E-state index in [4.69, 9.17) is 4.74 Å². The van der Waals surface area contributed by atoms with E-state index in [1.54, 1.807) is 67.9 Å².